The van der Waals surface area contributed by atoms with Gasteiger partial charge in [0.15, 0.2) is 0 Å². The molecule has 0 heterocycles. The topological polar surface area (TPSA) is 26.3 Å². The third-order valence-corrected chi connectivity index (χ3v) is 8.70. The number of allylic oxidation sites excluding steroid dienone is 2. The maximum atomic E-state index is 11.5. The van der Waals surface area contributed by atoms with Crippen molar-refractivity contribution in [3.63, 3.8) is 0 Å². The molecule has 0 aromatic rings. The van der Waals surface area contributed by atoms with E-state index in [4.69, 9.17) is 4.74 Å². The summed E-state index contributed by atoms with van der Waals surface area (Å²) < 4.78 is 5.76. The van der Waals surface area contributed by atoms with Gasteiger partial charge in [0.1, 0.15) is 6.10 Å². The van der Waals surface area contributed by atoms with Crippen molar-refractivity contribution in [2.24, 2.45) is 34.5 Å². The Balaban J connectivity index is 1.60. The first-order valence-electron chi connectivity index (χ1n) is 10.2. The molecule has 4 aliphatic rings. The van der Waals surface area contributed by atoms with E-state index in [1.165, 1.54) is 44.9 Å². The highest BCUT2D eigenvalue weighted by atomic mass is 16.5. The molecular formula is C22H34O2. The highest BCUT2D eigenvalue weighted by molar-refractivity contribution is 5.66. The first-order valence-corrected chi connectivity index (χ1v) is 10.2. The number of esters is 1. The molecule has 4 rings (SSSR count). The van der Waals surface area contributed by atoms with E-state index >= 15 is 0 Å². The monoisotopic (exact) mass is 330 g/mol. The minimum atomic E-state index is -0.0901. The third-order valence-electron chi connectivity index (χ3n) is 8.70. The molecule has 0 saturated heterocycles. The van der Waals surface area contributed by atoms with E-state index < -0.39 is 0 Å². The van der Waals surface area contributed by atoms with E-state index in [0.29, 0.717) is 5.41 Å². The van der Waals surface area contributed by atoms with Crippen LogP contribution in [-0.4, -0.2) is 12.1 Å². The Bertz CT molecular complexity index is 564. The molecule has 3 saturated carbocycles. The highest BCUT2D eigenvalue weighted by Crippen LogP contribution is 2.66. The van der Waals surface area contributed by atoms with Crippen molar-refractivity contribution in [2.75, 3.05) is 0 Å². The first kappa shape index (κ1) is 16.7. The summed E-state index contributed by atoms with van der Waals surface area (Å²) >= 11 is 0. The Morgan fingerprint density at radius 1 is 1.08 bits per heavy atom. The molecule has 0 spiro atoms. The molecule has 7 unspecified atom stereocenters. The van der Waals surface area contributed by atoms with Gasteiger partial charge in [0.05, 0.1) is 0 Å². The normalized spacial score (nSPS) is 50.3. The Morgan fingerprint density at radius 3 is 2.58 bits per heavy atom. The van der Waals surface area contributed by atoms with Crippen LogP contribution >= 0.6 is 0 Å². The molecule has 7 atom stereocenters. The summed E-state index contributed by atoms with van der Waals surface area (Å²) in [5.74, 6) is 3.32. The van der Waals surface area contributed by atoms with Crippen LogP contribution in [-0.2, 0) is 9.53 Å². The zero-order valence-corrected chi connectivity index (χ0v) is 15.9. The summed E-state index contributed by atoms with van der Waals surface area (Å²) in [6.07, 6.45) is 13.1. The second kappa shape index (κ2) is 5.61. The molecule has 4 aliphatic carbocycles. The van der Waals surface area contributed by atoms with E-state index in [1.54, 1.807) is 12.5 Å². The number of hydrogen-bond donors (Lipinski definition) is 0. The predicted octanol–water partition coefficient (Wildman–Crippen LogP) is 5.52. The molecule has 24 heavy (non-hydrogen) atoms. The number of hydrogen-bond acceptors (Lipinski definition) is 2. The van der Waals surface area contributed by atoms with Crippen molar-refractivity contribution in [3.8, 4) is 0 Å². The number of carbonyl (C=O) groups excluding carboxylic acids is 1. The SMILES string of the molecule is CC(=O)OC1CCC2C3CCC4CC=C(C)CC4(C)C3CCC12C. The van der Waals surface area contributed by atoms with Gasteiger partial charge in [-0.05, 0) is 87.4 Å². The molecule has 134 valence electrons. The van der Waals surface area contributed by atoms with Crippen LogP contribution in [0.25, 0.3) is 0 Å². The van der Waals surface area contributed by atoms with Gasteiger partial charge in [-0.1, -0.05) is 25.5 Å². The van der Waals surface area contributed by atoms with Gasteiger partial charge in [-0.3, -0.25) is 4.79 Å². The summed E-state index contributed by atoms with van der Waals surface area (Å²) in [7, 11) is 0. The molecule has 0 aromatic carbocycles. The fraction of sp³-hybridized carbons (Fsp3) is 0.864. The van der Waals surface area contributed by atoms with Crippen LogP contribution in [0.2, 0.25) is 0 Å². The lowest BCUT2D eigenvalue weighted by Gasteiger charge is -2.60. The fourth-order valence-corrected chi connectivity index (χ4v) is 7.56. The fourth-order valence-electron chi connectivity index (χ4n) is 7.56. The van der Waals surface area contributed by atoms with E-state index in [1.807, 2.05) is 0 Å². The lowest BCUT2D eigenvalue weighted by atomic mass is 9.45. The van der Waals surface area contributed by atoms with Crippen molar-refractivity contribution < 1.29 is 9.53 Å². The number of rotatable bonds is 1. The molecule has 0 aromatic heterocycles. The van der Waals surface area contributed by atoms with Crippen LogP contribution < -0.4 is 0 Å². The summed E-state index contributed by atoms with van der Waals surface area (Å²) in [5.41, 5.74) is 2.37. The Kier molecular flexibility index (Phi) is 3.89. The van der Waals surface area contributed by atoms with E-state index in [-0.39, 0.29) is 17.5 Å². The molecule has 2 heteroatoms. The molecule has 0 N–H and O–H groups in total. The van der Waals surface area contributed by atoms with Crippen LogP contribution in [0.15, 0.2) is 11.6 Å². The van der Waals surface area contributed by atoms with Gasteiger partial charge in [-0.2, -0.15) is 0 Å². The molecule has 3 fully saturated rings. The second-order valence-corrected chi connectivity index (χ2v) is 9.84. The molecule has 0 radical (unpaired) electrons. The van der Waals surface area contributed by atoms with Gasteiger partial charge in [0, 0.05) is 12.3 Å². The van der Waals surface area contributed by atoms with Crippen LogP contribution in [0.5, 0.6) is 0 Å². The largest absolute Gasteiger partial charge is 0.462 e. The quantitative estimate of drug-likeness (QED) is 0.467. The molecule has 0 bridgehead atoms. The third kappa shape index (κ3) is 2.31. The predicted molar refractivity (Wildman–Crippen MR) is 96.4 cm³/mol. The van der Waals surface area contributed by atoms with Gasteiger partial charge in [0.2, 0.25) is 0 Å². The lowest BCUT2D eigenvalue weighted by molar-refractivity contribution is -0.160. The molecule has 0 amide bonds. The van der Waals surface area contributed by atoms with E-state index in [9.17, 15) is 4.79 Å². The van der Waals surface area contributed by atoms with Gasteiger partial charge < -0.3 is 4.74 Å². The van der Waals surface area contributed by atoms with Crippen molar-refractivity contribution in [1.82, 2.24) is 0 Å². The van der Waals surface area contributed by atoms with Gasteiger partial charge >= 0.3 is 5.97 Å². The maximum Gasteiger partial charge on any atom is 0.302 e. The Morgan fingerprint density at radius 2 is 1.83 bits per heavy atom. The standard InChI is InChI=1S/C22H34O2/c1-14-5-6-16-7-8-17-18-9-10-20(24-15(2)23)21(18,3)12-11-19(17)22(16,4)13-14/h5,16-20H,6-13H2,1-4H3. The first-order chi connectivity index (χ1) is 11.3. The van der Waals surface area contributed by atoms with Crippen LogP contribution in [0.3, 0.4) is 0 Å². The van der Waals surface area contributed by atoms with Gasteiger partial charge in [-0.15, -0.1) is 0 Å². The Labute approximate surface area is 147 Å². The zero-order chi connectivity index (χ0) is 17.1. The average Bonchev–Trinajstić information content (AvgIpc) is 2.82. The molecule has 0 aliphatic heterocycles. The van der Waals surface area contributed by atoms with Gasteiger partial charge in [0.25, 0.3) is 0 Å². The number of fused-ring (bicyclic) bond motifs is 5. The zero-order valence-electron chi connectivity index (χ0n) is 15.9. The van der Waals surface area contributed by atoms with Gasteiger partial charge in [-0.25, -0.2) is 0 Å². The van der Waals surface area contributed by atoms with Crippen molar-refractivity contribution in [1.29, 1.82) is 0 Å². The van der Waals surface area contributed by atoms with Crippen molar-refractivity contribution >= 4 is 5.97 Å². The molecule has 2 nitrogen and oxygen atoms in total. The van der Waals surface area contributed by atoms with Crippen LogP contribution in [0, 0.1) is 34.5 Å². The average molecular weight is 331 g/mol. The summed E-state index contributed by atoms with van der Waals surface area (Å²) in [5, 5.41) is 0. The second-order valence-electron chi connectivity index (χ2n) is 9.84. The lowest BCUT2D eigenvalue weighted by Crippen LogP contribution is -2.53. The maximum absolute atomic E-state index is 11.5. The minimum absolute atomic E-state index is 0.0901. The van der Waals surface area contributed by atoms with Crippen molar-refractivity contribution in [3.05, 3.63) is 11.6 Å². The summed E-state index contributed by atoms with van der Waals surface area (Å²) in [4.78, 5) is 11.5. The highest BCUT2D eigenvalue weighted by Gasteiger charge is 2.60. The minimum Gasteiger partial charge on any atom is -0.462 e. The molecular weight excluding hydrogens is 296 g/mol. The van der Waals surface area contributed by atoms with Crippen LogP contribution in [0.4, 0.5) is 0 Å². The van der Waals surface area contributed by atoms with Crippen molar-refractivity contribution in [2.45, 2.75) is 85.2 Å². The van der Waals surface area contributed by atoms with E-state index in [2.05, 4.69) is 26.8 Å². The summed E-state index contributed by atoms with van der Waals surface area (Å²) in [6, 6.07) is 0. The Hall–Kier alpha value is -0.790. The number of carbonyl (C=O) groups is 1. The summed E-state index contributed by atoms with van der Waals surface area (Å²) in [6.45, 7) is 8.94. The number of ether oxygens (including phenoxy) is 1. The van der Waals surface area contributed by atoms with E-state index in [0.717, 1.165) is 30.1 Å². The smallest absolute Gasteiger partial charge is 0.302 e. The van der Waals surface area contributed by atoms with Crippen LogP contribution in [0.1, 0.15) is 79.1 Å².